The molecule has 0 aliphatic rings. The molecule has 16 heavy (non-hydrogen) atoms. The van der Waals surface area contributed by atoms with Crippen molar-refractivity contribution in [1.29, 1.82) is 0 Å². The molecule has 4 N–H and O–H groups in total. The number of carboxylic acids is 1. The van der Waals surface area contributed by atoms with Gasteiger partial charge in [-0.1, -0.05) is 23.8 Å². The van der Waals surface area contributed by atoms with Crippen LogP contribution in [0.25, 0.3) is 11.3 Å². The van der Waals surface area contributed by atoms with Crippen LogP contribution in [0, 0.1) is 6.92 Å². The number of nitrogens with two attached hydrogens (primary N) is 1. The summed E-state index contributed by atoms with van der Waals surface area (Å²) in [5.41, 5.74) is 7.76. The summed E-state index contributed by atoms with van der Waals surface area (Å²) < 4.78 is 0. The van der Waals surface area contributed by atoms with Crippen LogP contribution < -0.4 is 5.73 Å². The number of carbonyl (C=O) groups is 1. The fourth-order valence-electron chi connectivity index (χ4n) is 1.58. The van der Waals surface area contributed by atoms with Crippen molar-refractivity contribution >= 4 is 11.8 Å². The lowest BCUT2D eigenvalue weighted by Gasteiger charge is -2.01. The molecule has 0 spiro atoms. The monoisotopic (exact) mass is 217 g/mol. The highest BCUT2D eigenvalue weighted by atomic mass is 16.4. The number of aryl methyl sites for hydroxylation is 1. The average Bonchev–Trinajstić information content (AvgIpc) is 2.60. The third-order valence-corrected chi connectivity index (χ3v) is 2.31. The maximum Gasteiger partial charge on any atom is 0.341 e. The zero-order valence-corrected chi connectivity index (χ0v) is 8.69. The van der Waals surface area contributed by atoms with Gasteiger partial charge in [-0.3, -0.25) is 5.10 Å². The number of hydrogen-bond donors (Lipinski definition) is 3. The number of carboxylic acid groups (broad SMARTS) is 1. The molecule has 2 rings (SSSR count). The molecule has 0 aliphatic carbocycles. The van der Waals surface area contributed by atoms with Gasteiger partial charge in [0.2, 0.25) is 0 Å². The van der Waals surface area contributed by atoms with Gasteiger partial charge in [0.05, 0.1) is 5.69 Å². The number of nitrogens with zero attached hydrogens (tertiary/aromatic N) is 1. The van der Waals surface area contributed by atoms with Gasteiger partial charge < -0.3 is 10.8 Å². The Morgan fingerprint density at radius 1 is 1.50 bits per heavy atom. The van der Waals surface area contributed by atoms with Gasteiger partial charge in [0.25, 0.3) is 0 Å². The summed E-state index contributed by atoms with van der Waals surface area (Å²) in [6, 6.07) is 7.47. The Morgan fingerprint density at radius 2 is 2.25 bits per heavy atom. The highest BCUT2D eigenvalue weighted by Crippen LogP contribution is 2.25. The molecule has 5 nitrogen and oxygen atoms in total. The molecule has 0 fully saturated rings. The number of aromatic amines is 1. The third kappa shape index (κ3) is 1.63. The largest absolute Gasteiger partial charge is 0.477 e. The van der Waals surface area contributed by atoms with Crippen molar-refractivity contribution in [3.8, 4) is 11.3 Å². The zero-order valence-electron chi connectivity index (χ0n) is 8.69. The van der Waals surface area contributed by atoms with Crippen LogP contribution in [0.1, 0.15) is 15.9 Å². The molecule has 1 aromatic heterocycles. The van der Waals surface area contributed by atoms with Crippen molar-refractivity contribution in [3.05, 3.63) is 35.4 Å². The minimum absolute atomic E-state index is 0.00371. The summed E-state index contributed by atoms with van der Waals surface area (Å²) in [5.74, 6) is -1.08. The normalized spacial score (nSPS) is 10.3. The maximum absolute atomic E-state index is 11.0. The molecule has 0 saturated carbocycles. The molecule has 1 aromatic carbocycles. The second kappa shape index (κ2) is 3.69. The van der Waals surface area contributed by atoms with E-state index in [2.05, 4.69) is 10.2 Å². The summed E-state index contributed by atoms with van der Waals surface area (Å²) in [4.78, 5) is 11.0. The standard InChI is InChI=1S/C11H11N3O2/c1-6-3-2-4-7(5-6)9-8(11(15)16)10(12)14-13-9/h2-5H,1H3,(H,15,16)(H3,12,13,14). The Labute approximate surface area is 91.9 Å². The molecule has 82 valence electrons. The number of benzene rings is 1. The minimum Gasteiger partial charge on any atom is -0.477 e. The van der Waals surface area contributed by atoms with Crippen LogP contribution in [-0.2, 0) is 0 Å². The van der Waals surface area contributed by atoms with Crippen LogP contribution in [0.15, 0.2) is 24.3 Å². The summed E-state index contributed by atoms with van der Waals surface area (Å²) in [6.07, 6.45) is 0. The number of aromatic carboxylic acids is 1. The van der Waals surface area contributed by atoms with Crippen LogP contribution in [0.2, 0.25) is 0 Å². The molecule has 0 amide bonds. The number of hydrogen-bond acceptors (Lipinski definition) is 3. The molecule has 0 aliphatic heterocycles. The summed E-state index contributed by atoms with van der Waals surface area (Å²) >= 11 is 0. The molecule has 0 atom stereocenters. The number of nitrogen functional groups attached to an aromatic ring is 1. The van der Waals surface area contributed by atoms with Crippen molar-refractivity contribution in [1.82, 2.24) is 10.2 Å². The summed E-state index contributed by atoms with van der Waals surface area (Å²) in [6.45, 7) is 1.93. The Hall–Kier alpha value is -2.30. The lowest BCUT2D eigenvalue weighted by Crippen LogP contribution is -2.01. The van der Waals surface area contributed by atoms with E-state index in [1.165, 1.54) is 0 Å². The second-order valence-electron chi connectivity index (χ2n) is 3.53. The third-order valence-electron chi connectivity index (χ3n) is 2.31. The highest BCUT2D eigenvalue weighted by Gasteiger charge is 2.18. The molecule has 2 aromatic rings. The molecule has 0 bridgehead atoms. The Balaban J connectivity index is 2.60. The second-order valence-corrected chi connectivity index (χ2v) is 3.53. The Morgan fingerprint density at radius 3 is 2.88 bits per heavy atom. The number of H-pyrrole nitrogens is 1. The van der Waals surface area contributed by atoms with Crippen molar-refractivity contribution in [3.63, 3.8) is 0 Å². The van der Waals surface area contributed by atoms with Gasteiger partial charge >= 0.3 is 5.97 Å². The van der Waals surface area contributed by atoms with E-state index in [1.807, 2.05) is 31.2 Å². The highest BCUT2D eigenvalue weighted by molar-refractivity contribution is 5.99. The molecule has 0 radical (unpaired) electrons. The van der Waals surface area contributed by atoms with Gasteiger partial charge in [0.1, 0.15) is 5.56 Å². The van der Waals surface area contributed by atoms with Crippen molar-refractivity contribution < 1.29 is 9.90 Å². The molecule has 0 unspecified atom stereocenters. The molecule has 5 heteroatoms. The van der Waals surface area contributed by atoms with Gasteiger partial charge in [-0.2, -0.15) is 5.10 Å². The lowest BCUT2D eigenvalue weighted by molar-refractivity contribution is 0.0699. The summed E-state index contributed by atoms with van der Waals surface area (Å²) in [7, 11) is 0. The van der Waals surface area contributed by atoms with Gasteiger partial charge in [-0.25, -0.2) is 4.79 Å². The van der Waals surface area contributed by atoms with Crippen LogP contribution >= 0.6 is 0 Å². The van der Waals surface area contributed by atoms with Gasteiger partial charge in [0.15, 0.2) is 5.82 Å². The SMILES string of the molecule is Cc1cccc(-c2[nH]nc(N)c2C(=O)O)c1. The number of anilines is 1. The first-order valence-electron chi connectivity index (χ1n) is 4.73. The van der Waals surface area contributed by atoms with E-state index < -0.39 is 5.97 Å². The first-order chi connectivity index (χ1) is 7.59. The van der Waals surface area contributed by atoms with E-state index in [0.29, 0.717) is 5.69 Å². The quantitative estimate of drug-likeness (QED) is 0.713. The van der Waals surface area contributed by atoms with E-state index in [0.717, 1.165) is 11.1 Å². The fraction of sp³-hybridized carbons (Fsp3) is 0.0909. The number of aromatic nitrogens is 2. The van der Waals surface area contributed by atoms with Crippen LogP contribution in [0.3, 0.4) is 0 Å². The molecule has 0 saturated heterocycles. The smallest absolute Gasteiger partial charge is 0.341 e. The molecule has 1 heterocycles. The van der Waals surface area contributed by atoms with Crippen molar-refractivity contribution in [2.45, 2.75) is 6.92 Å². The van der Waals surface area contributed by atoms with Crippen molar-refractivity contribution in [2.75, 3.05) is 5.73 Å². The molecular weight excluding hydrogens is 206 g/mol. The van der Waals surface area contributed by atoms with E-state index in [-0.39, 0.29) is 11.4 Å². The van der Waals surface area contributed by atoms with E-state index in [1.54, 1.807) is 0 Å². The zero-order chi connectivity index (χ0) is 11.7. The maximum atomic E-state index is 11.0. The predicted octanol–water partition coefficient (Wildman–Crippen LogP) is 1.67. The number of nitrogens with one attached hydrogen (secondary N) is 1. The Bertz CT molecular complexity index is 546. The minimum atomic E-state index is -1.08. The predicted molar refractivity (Wildman–Crippen MR) is 60.1 cm³/mol. The lowest BCUT2D eigenvalue weighted by atomic mass is 10.1. The first-order valence-corrected chi connectivity index (χ1v) is 4.73. The van der Waals surface area contributed by atoms with Crippen LogP contribution in [0.4, 0.5) is 5.82 Å². The van der Waals surface area contributed by atoms with Gasteiger partial charge in [-0.15, -0.1) is 0 Å². The topological polar surface area (TPSA) is 92.0 Å². The van der Waals surface area contributed by atoms with Crippen LogP contribution in [0.5, 0.6) is 0 Å². The summed E-state index contributed by atoms with van der Waals surface area (Å²) in [5, 5.41) is 15.4. The van der Waals surface area contributed by atoms with E-state index in [9.17, 15) is 4.79 Å². The first kappa shape index (κ1) is 10.2. The molecular formula is C11H11N3O2. The van der Waals surface area contributed by atoms with Crippen LogP contribution in [-0.4, -0.2) is 21.3 Å². The average molecular weight is 217 g/mol. The van der Waals surface area contributed by atoms with Gasteiger partial charge in [-0.05, 0) is 13.0 Å². The Kier molecular flexibility index (Phi) is 2.36. The van der Waals surface area contributed by atoms with E-state index in [4.69, 9.17) is 10.8 Å². The number of rotatable bonds is 2. The van der Waals surface area contributed by atoms with Gasteiger partial charge in [0, 0.05) is 5.56 Å². The van der Waals surface area contributed by atoms with E-state index >= 15 is 0 Å². The van der Waals surface area contributed by atoms with Crippen molar-refractivity contribution in [2.24, 2.45) is 0 Å². The fourth-order valence-corrected chi connectivity index (χ4v) is 1.58.